The maximum Gasteiger partial charge on any atom is 0.234 e. The first-order valence-electron chi connectivity index (χ1n) is 12.9. The minimum atomic E-state index is -0.683. The summed E-state index contributed by atoms with van der Waals surface area (Å²) in [5.74, 6) is 2.22. The molecule has 2 fully saturated rings. The van der Waals surface area contributed by atoms with E-state index in [-0.39, 0.29) is 17.9 Å². The standard InChI is InChI=1S/C27H44N2O4/c1-5-7-10-20(6-2)18-28-25(30)19-29-16-15-27(31)14-9-8-11-23(27)26(29)22-17-21(32-3)12-13-24(22)33-4/h12-13,17,20,23,26,31H,5-11,14-16,18-19H2,1-4H3,(H,28,30)/t20-,23-,26-,27+/m0/s1. The lowest BCUT2D eigenvalue weighted by Crippen LogP contribution is -2.56. The zero-order valence-corrected chi connectivity index (χ0v) is 21.1. The van der Waals surface area contributed by atoms with Crippen molar-refractivity contribution in [1.29, 1.82) is 0 Å². The van der Waals surface area contributed by atoms with Crippen LogP contribution in [0.15, 0.2) is 18.2 Å². The number of carbonyl (C=O) groups excluding carboxylic acids is 1. The van der Waals surface area contributed by atoms with Gasteiger partial charge in [-0.1, -0.05) is 46.0 Å². The van der Waals surface area contributed by atoms with Crippen molar-refractivity contribution >= 4 is 5.91 Å². The van der Waals surface area contributed by atoms with Crippen LogP contribution in [0.1, 0.15) is 83.2 Å². The number of fused-ring (bicyclic) bond motifs is 1. The molecule has 0 spiro atoms. The van der Waals surface area contributed by atoms with Crippen LogP contribution in [-0.2, 0) is 4.79 Å². The van der Waals surface area contributed by atoms with E-state index in [2.05, 4.69) is 24.1 Å². The molecule has 2 N–H and O–H groups in total. The smallest absolute Gasteiger partial charge is 0.234 e. The van der Waals surface area contributed by atoms with E-state index in [1.807, 2.05) is 18.2 Å². The fourth-order valence-corrected chi connectivity index (χ4v) is 5.85. The molecule has 1 aromatic rings. The number of likely N-dealkylation sites (tertiary alicyclic amines) is 1. The molecule has 1 saturated heterocycles. The first kappa shape index (κ1) is 25.8. The van der Waals surface area contributed by atoms with E-state index in [0.717, 1.165) is 62.1 Å². The molecule has 2 aliphatic rings. The number of nitrogens with one attached hydrogen (secondary N) is 1. The zero-order valence-electron chi connectivity index (χ0n) is 21.1. The van der Waals surface area contributed by atoms with Crippen molar-refractivity contribution < 1.29 is 19.4 Å². The number of aliphatic hydroxyl groups is 1. The van der Waals surface area contributed by atoms with Crippen molar-refractivity contribution in [3.63, 3.8) is 0 Å². The largest absolute Gasteiger partial charge is 0.497 e. The summed E-state index contributed by atoms with van der Waals surface area (Å²) >= 11 is 0. The number of amides is 1. The molecular formula is C27H44N2O4. The van der Waals surface area contributed by atoms with Crippen LogP contribution in [0.3, 0.4) is 0 Å². The lowest BCUT2D eigenvalue weighted by atomic mass is 9.66. The van der Waals surface area contributed by atoms with Crippen LogP contribution in [-0.4, -0.2) is 55.4 Å². The molecule has 1 aromatic carbocycles. The van der Waals surface area contributed by atoms with E-state index in [0.29, 0.717) is 25.4 Å². The van der Waals surface area contributed by atoms with Crippen LogP contribution in [0.25, 0.3) is 0 Å². The minimum absolute atomic E-state index is 0.0676. The summed E-state index contributed by atoms with van der Waals surface area (Å²) in [6.45, 7) is 6.18. The third-order valence-corrected chi connectivity index (χ3v) is 7.90. The van der Waals surface area contributed by atoms with Crippen LogP contribution >= 0.6 is 0 Å². The predicted molar refractivity (Wildman–Crippen MR) is 132 cm³/mol. The second kappa shape index (κ2) is 12.1. The average molecular weight is 461 g/mol. The Morgan fingerprint density at radius 3 is 2.76 bits per heavy atom. The Bertz CT molecular complexity index is 770. The highest BCUT2D eigenvalue weighted by atomic mass is 16.5. The third kappa shape index (κ3) is 6.21. The van der Waals surface area contributed by atoms with Crippen molar-refractivity contribution in [3.05, 3.63) is 23.8 Å². The van der Waals surface area contributed by atoms with Crippen LogP contribution in [0, 0.1) is 11.8 Å². The Morgan fingerprint density at radius 1 is 1.24 bits per heavy atom. The summed E-state index contributed by atoms with van der Waals surface area (Å²) in [5, 5.41) is 14.8. The van der Waals surface area contributed by atoms with Crippen molar-refractivity contribution in [1.82, 2.24) is 10.2 Å². The molecule has 1 aliphatic heterocycles. The first-order chi connectivity index (χ1) is 16.0. The van der Waals surface area contributed by atoms with Gasteiger partial charge in [0.15, 0.2) is 0 Å². The fourth-order valence-electron chi connectivity index (χ4n) is 5.85. The van der Waals surface area contributed by atoms with Gasteiger partial charge in [-0.25, -0.2) is 0 Å². The van der Waals surface area contributed by atoms with Crippen LogP contribution in [0.4, 0.5) is 0 Å². The number of nitrogens with zero attached hydrogens (tertiary/aromatic N) is 1. The average Bonchev–Trinajstić information content (AvgIpc) is 2.83. The molecule has 1 aliphatic carbocycles. The maximum atomic E-state index is 13.0. The summed E-state index contributed by atoms with van der Waals surface area (Å²) in [7, 11) is 3.34. The maximum absolute atomic E-state index is 13.0. The van der Waals surface area contributed by atoms with E-state index < -0.39 is 5.60 Å². The topological polar surface area (TPSA) is 71.0 Å². The molecule has 0 radical (unpaired) electrons. The molecule has 3 rings (SSSR count). The van der Waals surface area contributed by atoms with Gasteiger partial charge in [0.2, 0.25) is 5.91 Å². The highest BCUT2D eigenvalue weighted by Crippen LogP contribution is 2.51. The zero-order chi connectivity index (χ0) is 23.8. The van der Waals surface area contributed by atoms with Gasteiger partial charge < -0.3 is 19.9 Å². The number of piperidine rings is 1. The molecule has 0 bridgehead atoms. The van der Waals surface area contributed by atoms with Gasteiger partial charge in [0, 0.05) is 30.6 Å². The Balaban J connectivity index is 1.82. The van der Waals surface area contributed by atoms with Gasteiger partial charge in [-0.3, -0.25) is 9.69 Å². The fraction of sp³-hybridized carbons (Fsp3) is 0.741. The number of hydrogen-bond acceptors (Lipinski definition) is 5. The summed E-state index contributed by atoms with van der Waals surface area (Å²) in [6, 6.07) is 5.77. The van der Waals surface area contributed by atoms with E-state index in [4.69, 9.17) is 9.47 Å². The lowest BCUT2D eigenvalue weighted by molar-refractivity contribution is -0.138. The molecule has 1 amide bonds. The van der Waals surface area contributed by atoms with Crippen LogP contribution in [0.5, 0.6) is 11.5 Å². The number of unbranched alkanes of at least 4 members (excludes halogenated alkanes) is 1. The molecule has 186 valence electrons. The summed E-state index contributed by atoms with van der Waals surface area (Å²) in [4.78, 5) is 15.3. The second-order valence-corrected chi connectivity index (χ2v) is 9.95. The third-order valence-electron chi connectivity index (χ3n) is 7.90. The highest BCUT2D eigenvalue weighted by Gasteiger charge is 2.50. The normalized spacial score (nSPS) is 26.3. The van der Waals surface area contributed by atoms with Crippen molar-refractivity contribution in [2.75, 3.05) is 33.9 Å². The number of rotatable bonds is 11. The van der Waals surface area contributed by atoms with Crippen molar-refractivity contribution in [2.45, 2.75) is 83.3 Å². The Labute approximate surface area is 200 Å². The highest BCUT2D eigenvalue weighted by molar-refractivity contribution is 5.78. The lowest BCUT2D eigenvalue weighted by Gasteiger charge is -2.52. The molecular weight excluding hydrogens is 416 g/mol. The van der Waals surface area contributed by atoms with Gasteiger partial charge >= 0.3 is 0 Å². The molecule has 1 saturated carbocycles. The monoisotopic (exact) mass is 460 g/mol. The molecule has 0 aromatic heterocycles. The molecule has 1 heterocycles. The van der Waals surface area contributed by atoms with Gasteiger partial charge in [0.25, 0.3) is 0 Å². The van der Waals surface area contributed by atoms with Gasteiger partial charge in [-0.15, -0.1) is 0 Å². The van der Waals surface area contributed by atoms with E-state index in [1.54, 1.807) is 14.2 Å². The van der Waals surface area contributed by atoms with Gasteiger partial charge in [-0.05, 0) is 49.8 Å². The van der Waals surface area contributed by atoms with E-state index >= 15 is 0 Å². The van der Waals surface area contributed by atoms with Crippen molar-refractivity contribution in [3.8, 4) is 11.5 Å². The molecule has 0 unspecified atom stereocenters. The number of methoxy groups -OCH3 is 2. The summed E-state index contributed by atoms with van der Waals surface area (Å²) in [5.41, 5.74) is 0.321. The Hall–Kier alpha value is -1.79. The summed E-state index contributed by atoms with van der Waals surface area (Å²) < 4.78 is 11.2. The number of carbonyl (C=O) groups is 1. The number of benzene rings is 1. The van der Waals surface area contributed by atoms with E-state index in [1.165, 1.54) is 12.8 Å². The number of hydrogen-bond donors (Lipinski definition) is 2. The number of ether oxygens (including phenoxy) is 2. The first-order valence-corrected chi connectivity index (χ1v) is 12.9. The van der Waals surface area contributed by atoms with Gasteiger partial charge in [-0.2, -0.15) is 0 Å². The predicted octanol–water partition coefficient (Wildman–Crippen LogP) is 4.70. The Kier molecular flexibility index (Phi) is 9.45. The Morgan fingerprint density at radius 2 is 2.06 bits per heavy atom. The van der Waals surface area contributed by atoms with Crippen molar-refractivity contribution in [2.24, 2.45) is 11.8 Å². The summed E-state index contributed by atoms with van der Waals surface area (Å²) in [6.07, 6.45) is 9.30. The van der Waals surface area contributed by atoms with Crippen LogP contribution < -0.4 is 14.8 Å². The molecule has 4 atom stereocenters. The minimum Gasteiger partial charge on any atom is -0.497 e. The molecule has 6 nitrogen and oxygen atoms in total. The SMILES string of the molecule is CCCC[C@H](CC)CNC(=O)CN1CC[C@]2(O)CCCC[C@H]2[C@@H]1c1cc(OC)ccc1OC. The van der Waals surface area contributed by atoms with Gasteiger partial charge in [0.1, 0.15) is 11.5 Å². The quantitative estimate of drug-likeness (QED) is 0.501. The van der Waals surface area contributed by atoms with Gasteiger partial charge in [0.05, 0.1) is 26.4 Å². The van der Waals surface area contributed by atoms with Crippen LogP contribution in [0.2, 0.25) is 0 Å². The molecule has 6 heteroatoms. The molecule has 33 heavy (non-hydrogen) atoms. The second-order valence-electron chi connectivity index (χ2n) is 9.95. The van der Waals surface area contributed by atoms with E-state index in [9.17, 15) is 9.90 Å².